The summed E-state index contributed by atoms with van der Waals surface area (Å²) >= 11 is 3.39. The molecule has 3 aromatic carbocycles. The van der Waals surface area contributed by atoms with Gasteiger partial charge in [-0.3, -0.25) is 4.79 Å². The van der Waals surface area contributed by atoms with E-state index >= 15 is 0 Å². The van der Waals surface area contributed by atoms with Gasteiger partial charge in [-0.15, -0.1) is 0 Å². The summed E-state index contributed by atoms with van der Waals surface area (Å²) in [5.41, 5.74) is 7.73. The second kappa shape index (κ2) is 8.99. The molecule has 0 bridgehead atoms. The first-order chi connectivity index (χ1) is 15.1. The predicted octanol–water partition coefficient (Wildman–Crippen LogP) is 5.40. The second-order valence-electron chi connectivity index (χ2n) is 7.05. The van der Waals surface area contributed by atoms with Gasteiger partial charge in [-0.1, -0.05) is 48.5 Å². The zero-order chi connectivity index (χ0) is 21.8. The number of amides is 1. The molecule has 0 aliphatic rings. The summed E-state index contributed by atoms with van der Waals surface area (Å²) in [6, 6.07) is 25.1. The number of rotatable bonds is 5. The number of nitrogens with zero attached hydrogens (tertiary/aromatic N) is 3. The first-order valence-electron chi connectivity index (χ1n) is 9.74. The lowest BCUT2D eigenvalue weighted by atomic mass is 10.1. The number of aromatic nitrogens is 1. The molecule has 1 heterocycles. The van der Waals surface area contributed by atoms with E-state index in [0.717, 1.165) is 27.7 Å². The number of nitrogens with one attached hydrogen (secondary N) is 1. The smallest absolute Gasteiger partial charge is 0.272 e. The van der Waals surface area contributed by atoms with Crippen LogP contribution in [0.5, 0.6) is 0 Å². The third-order valence-electron chi connectivity index (χ3n) is 5.22. The zero-order valence-electron chi connectivity index (χ0n) is 16.8. The number of halogens is 1. The molecule has 31 heavy (non-hydrogen) atoms. The minimum atomic E-state index is -0.284. The van der Waals surface area contributed by atoms with E-state index in [4.69, 9.17) is 0 Å². The standard InChI is InChI=1S/C25H19BrN4O/c1-17-22(15-28-29-25(31)21-11-4-6-12-23(21)26)20-10-5-7-13-24(20)30(17)16-19-9-3-2-8-18(19)14-27/h2-13,15H,16H2,1H3,(H,29,31)/b28-15+. The van der Waals surface area contributed by atoms with E-state index in [2.05, 4.69) is 37.1 Å². The van der Waals surface area contributed by atoms with Gasteiger partial charge in [0, 0.05) is 33.2 Å². The van der Waals surface area contributed by atoms with Crippen molar-refractivity contribution in [2.75, 3.05) is 0 Å². The van der Waals surface area contributed by atoms with E-state index in [1.165, 1.54) is 0 Å². The average Bonchev–Trinajstić information content (AvgIpc) is 3.05. The quantitative estimate of drug-likeness (QED) is 0.313. The maximum atomic E-state index is 12.4. The normalized spacial score (nSPS) is 11.0. The van der Waals surface area contributed by atoms with Gasteiger partial charge < -0.3 is 4.57 Å². The van der Waals surface area contributed by atoms with Gasteiger partial charge in [0.05, 0.1) is 23.4 Å². The summed E-state index contributed by atoms with van der Waals surface area (Å²) in [5, 5.41) is 14.7. The first-order valence-corrected chi connectivity index (χ1v) is 10.5. The number of para-hydroxylation sites is 1. The van der Waals surface area contributed by atoms with Crippen molar-refractivity contribution in [2.24, 2.45) is 5.10 Å². The highest BCUT2D eigenvalue weighted by Gasteiger charge is 2.14. The topological polar surface area (TPSA) is 70.2 Å². The lowest BCUT2D eigenvalue weighted by Crippen LogP contribution is -2.18. The Labute approximate surface area is 188 Å². The highest BCUT2D eigenvalue weighted by atomic mass is 79.9. The van der Waals surface area contributed by atoms with Crippen molar-refractivity contribution in [3.8, 4) is 6.07 Å². The molecule has 6 heteroatoms. The average molecular weight is 471 g/mol. The number of carbonyl (C=O) groups excluding carboxylic acids is 1. The summed E-state index contributed by atoms with van der Waals surface area (Å²) in [6.45, 7) is 2.60. The van der Waals surface area contributed by atoms with Crippen LogP contribution >= 0.6 is 15.9 Å². The summed E-state index contributed by atoms with van der Waals surface area (Å²) in [6.07, 6.45) is 1.68. The van der Waals surface area contributed by atoms with Crippen LogP contribution in [0.2, 0.25) is 0 Å². The van der Waals surface area contributed by atoms with Crippen molar-refractivity contribution in [3.05, 3.63) is 105 Å². The molecule has 0 aliphatic carbocycles. The molecule has 0 saturated carbocycles. The summed E-state index contributed by atoms with van der Waals surface area (Å²) in [5.74, 6) is -0.284. The maximum Gasteiger partial charge on any atom is 0.272 e. The fourth-order valence-electron chi connectivity index (χ4n) is 3.62. The minimum Gasteiger partial charge on any atom is -0.340 e. The van der Waals surface area contributed by atoms with Crippen LogP contribution in [0.3, 0.4) is 0 Å². The molecular formula is C25H19BrN4O. The SMILES string of the molecule is Cc1c(/C=N/NC(=O)c2ccccc2Br)c2ccccc2n1Cc1ccccc1C#N. The molecule has 0 fully saturated rings. The van der Waals surface area contributed by atoms with Crippen molar-refractivity contribution in [1.29, 1.82) is 5.26 Å². The molecule has 5 nitrogen and oxygen atoms in total. The zero-order valence-corrected chi connectivity index (χ0v) is 18.4. The van der Waals surface area contributed by atoms with Gasteiger partial charge in [0.25, 0.3) is 5.91 Å². The number of hydrogen-bond acceptors (Lipinski definition) is 3. The van der Waals surface area contributed by atoms with Crippen LogP contribution in [0.1, 0.15) is 32.7 Å². The highest BCUT2D eigenvalue weighted by Crippen LogP contribution is 2.26. The fourth-order valence-corrected chi connectivity index (χ4v) is 4.09. The van der Waals surface area contributed by atoms with E-state index in [-0.39, 0.29) is 5.91 Å². The molecule has 0 saturated heterocycles. The summed E-state index contributed by atoms with van der Waals surface area (Å²) in [7, 11) is 0. The number of hydrazone groups is 1. The van der Waals surface area contributed by atoms with Crippen LogP contribution in [0.25, 0.3) is 10.9 Å². The monoisotopic (exact) mass is 470 g/mol. The Kier molecular flexibility index (Phi) is 5.96. The van der Waals surface area contributed by atoms with Gasteiger partial charge in [-0.05, 0) is 52.7 Å². The Bertz CT molecular complexity index is 1350. The van der Waals surface area contributed by atoms with Crippen molar-refractivity contribution in [3.63, 3.8) is 0 Å². The van der Waals surface area contributed by atoms with Gasteiger partial charge >= 0.3 is 0 Å². The fraction of sp³-hybridized carbons (Fsp3) is 0.0800. The van der Waals surface area contributed by atoms with Gasteiger partial charge in [0.2, 0.25) is 0 Å². The molecule has 0 radical (unpaired) electrons. The lowest BCUT2D eigenvalue weighted by molar-refractivity contribution is 0.0954. The van der Waals surface area contributed by atoms with E-state index in [1.54, 1.807) is 18.3 Å². The number of fused-ring (bicyclic) bond motifs is 1. The Hall–Kier alpha value is -3.69. The molecule has 0 aliphatic heterocycles. The van der Waals surface area contributed by atoms with Crippen molar-refractivity contribution in [1.82, 2.24) is 9.99 Å². The van der Waals surface area contributed by atoms with E-state index in [9.17, 15) is 10.1 Å². The molecule has 1 amide bonds. The molecule has 0 atom stereocenters. The molecule has 1 N–H and O–H groups in total. The second-order valence-corrected chi connectivity index (χ2v) is 7.90. The summed E-state index contributed by atoms with van der Waals surface area (Å²) < 4.78 is 2.88. The van der Waals surface area contributed by atoms with Crippen LogP contribution in [-0.2, 0) is 6.54 Å². The largest absolute Gasteiger partial charge is 0.340 e. The maximum absolute atomic E-state index is 12.4. The lowest BCUT2D eigenvalue weighted by Gasteiger charge is -2.10. The molecule has 1 aromatic heterocycles. The van der Waals surface area contributed by atoms with Crippen molar-refractivity contribution in [2.45, 2.75) is 13.5 Å². The van der Waals surface area contributed by atoms with E-state index < -0.39 is 0 Å². The Morgan fingerprint density at radius 3 is 2.61 bits per heavy atom. The molecule has 4 aromatic rings. The third-order valence-corrected chi connectivity index (χ3v) is 5.92. The van der Waals surface area contributed by atoms with Crippen molar-refractivity contribution >= 4 is 39.0 Å². The Morgan fingerprint density at radius 2 is 1.81 bits per heavy atom. The van der Waals surface area contributed by atoms with Gasteiger partial charge in [-0.2, -0.15) is 10.4 Å². The van der Waals surface area contributed by atoms with Gasteiger partial charge in [0.15, 0.2) is 0 Å². The van der Waals surface area contributed by atoms with Crippen molar-refractivity contribution < 1.29 is 4.79 Å². The van der Waals surface area contributed by atoms with Crippen LogP contribution in [0.15, 0.2) is 82.4 Å². The summed E-state index contributed by atoms with van der Waals surface area (Å²) in [4.78, 5) is 12.4. The van der Waals surface area contributed by atoms with Gasteiger partial charge in [0.1, 0.15) is 0 Å². The molecule has 0 spiro atoms. The van der Waals surface area contributed by atoms with Crippen LogP contribution in [0, 0.1) is 18.3 Å². The first kappa shape index (κ1) is 20.6. The number of hydrogen-bond donors (Lipinski definition) is 1. The molecule has 4 rings (SSSR count). The number of benzene rings is 3. The number of carbonyl (C=O) groups is 1. The Balaban J connectivity index is 1.67. The minimum absolute atomic E-state index is 0.284. The highest BCUT2D eigenvalue weighted by molar-refractivity contribution is 9.10. The predicted molar refractivity (Wildman–Crippen MR) is 126 cm³/mol. The van der Waals surface area contributed by atoms with E-state index in [1.807, 2.05) is 67.6 Å². The molecular weight excluding hydrogens is 452 g/mol. The van der Waals surface area contributed by atoms with Gasteiger partial charge in [-0.25, -0.2) is 5.43 Å². The molecule has 0 unspecified atom stereocenters. The third kappa shape index (κ3) is 4.14. The van der Waals surface area contributed by atoms with Crippen LogP contribution in [0.4, 0.5) is 0 Å². The molecule has 152 valence electrons. The van der Waals surface area contributed by atoms with E-state index in [0.29, 0.717) is 22.1 Å². The van der Waals surface area contributed by atoms with Crippen LogP contribution in [-0.4, -0.2) is 16.7 Å². The Morgan fingerprint density at radius 1 is 1.10 bits per heavy atom. The van der Waals surface area contributed by atoms with Crippen LogP contribution < -0.4 is 5.43 Å². The number of nitriles is 1.